The monoisotopic (exact) mass is 328 g/mol. The maximum Gasteiger partial charge on any atom is 0.309 e. The predicted octanol–water partition coefficient (Wildman–Crippen LogP) is 2.66. The molecular formula is C13H17BrN2O3. The minimum atomic E-state index is -0.118. The van der Waals surface area contributed by atoms with Gasteiger partial charge in [-0.25, -0.2) is 9.97 Å². The largest absolute Gasteiger partial charge is 0.473 e. The first-order valence-electron chi connectivity index (χ1n) is 6.42. The number of aryl methyl sites for hydroxylation is 1. The Bertz CT molecular complexity index is 467. The fraction of sp³-hybridized carbons (Fsp3) is 0.615. The number of hydrogen-bond donors (Lipinski definition) is 0. The maximum atomic E-state index is 11.6. The second-order valence-corrected chi connectivity index (χ2v) is 5.40. The summed E-state index contributed by atoms with van der Waals surface area (Å²) >= 11 is 3.26. The van der Waals surface area contributed by atoms with Crippen LogP contribution < -0.4 is 4.74 Å². The molecule has 19 heavy (non-hydrogen) atoms. The van der Waals surface area contributed by atoms with Crippen LogP contribution in [0, 0.1) is 12.8 Å². The second-order valence-electron chi connectivity index (χ2n) is 4.59. The van der Waals surface area contributed by atoms with Gasteiger partial charge in [-0.05, 0) is 49.0 Å². The number of nitrogens with zero attached hydrogens (tertiary/aromatic N) is 2. The molecule has 1 fully saturated rings. The Morgan fingerprint density at radius 2 is 2.32 bits per heavy atom. The van der Waals surface area contributed by atoms with Gasteiger partial charge >= 0.3 is 5.97 Å². The lowest BCUT2D eigenvalue weighted by atomic mass is 10.1. The highest BCUT2D eigenvalue weighted by Crippen LogP contribution is 2.30. The Hall–Kier alpha value is -1.17. The highest BCUT2D eigenvalue weighted by atomic mass is 79.9. The summed E-state index contributed by atoms with van der Waals surface area (Å²) in [5.41, 5.74) is 0.744. The first kappa shape index (κ1) is 14.2. The predicted molar refractivity (Wildman–Crippen MR) is 72.9 cm³/mol. The molecule has 0 saturated heterocycles. The SMILES string of the molecule is CCOC(=O)C1CCC(Oc2ncc(Br)nc2C)C1. The van der Waals surface area contributed by atoms with Crippen molar-refractivity contribution in [3.8, 4) is 5.88 Å². The number of aromatic nitrogens is 2. The summed E-state index contributed by atoms with van der Waals surface area (Å²) in [6.45, 7) is 4.10. The Morgan fingerprint density at radius 1 is 1.53 bits per heavy atom. The molecule has 1 aromatic heterocycles. The van der Waals surface area contributed by atoms with Crippen LogP contribution in [-0.4, -0.2) is 28.6 Å². The van der Waals surface area contributed by atoms with E-state index in [4.69, 9.17) is 9.47 Å². The molecule has 0 spiro atoms. The average molecular weight is 329 g/mol. The highest BCUT2D eigenvalue weighted by Gasteiger charge is 2.32. The first-order valence-corrected chi connectivity index (χ1v) is 7.22. The Morgan fingerprint density at radius 3 is 3.00 bits per heavy atom. The van der Waals surface area contributed by atoms with Gasteiger partial charge in [0.25, 0.3) is 0 Å². The Kier molecular flexibility index (Phi) is 4.74. The van der Waals surface area contributed by atoms with Crippen LogP contribution in [-0.2, 0) is 9.53 Å². The lowest BCUT2D eigenvalue weighted by Gasteiger charge is -2.14. The molecule has 1 aliphatic rings. The van der Waals surface area contributed by atoms with Crippen LogP contribution in [0.2, 0.25) is 0 Å². The van der Waals surface area contributed by atoms with Crippen LogP contribution in [0.4, 0.5) is 0 Å². The molecule has 5 nitrogen and oxygen atoms in total. The van der Waals surface area contributed by atoms with Gasteiger partial charge in [0.15, 0.2) is 0 Å². The minimum absolute atomic E-state index is 0.0172. The summed E-state index contributed by atoms with van der Waals surface area (Å²) in [5, 5.41) is 0. The lowest BCUT2D eigenvalue weighted by Crippen LogP contribution is -2.18. The van der Waals surface area contributed by atoms with Crippen LogP contribution in [0.25, 0.3) is 0 Å². The van der Waals surface area contributed by atoms with Crippen molar-refractivity contribution in [2.75, 3.05) is 6.61 Å². The van der Waals surface area contributed by atoms with Gasteiger partial charge in [0, 0.05) is 0 Å². The molecular weight excluding hydrogens is 312 g/mol. The van der Waals surface area contributed by atoms with E-state index in [1.165, 1.54) is 0 Å². The van der Waals surface area contributed by atoms with E-state index in [-0.39, 0.29) is 18.0 Å². The van der Waals surface area contributed by atoms with E-state index in [0.717, 1.165) is 18.5 Å². The maximum absolute atomic E-state index is 11.6. The number of halogens is 1. The third-order valence-corrected chi connectivity index (χ3v) is 3.54. The summed E-state index contributed by atoms with van der Waals surface area (Å²) < 4.78 is 11.5. The zero-order valence-electron chi connectivity index (χ0n) is 11.1. The summed E-state index contributed by atoms with van der Waals surface area (Å²) in [5.74, 6) is 0.374. The zero-order valence-corrected chi connectivity index (χ0v) is 12.6. The smallest absolute Gasteiger partial charge is 0.309 e. The van der Waals surface area contributed by atoms with E-state index in [1.54, 1.807) is 6.20 Å². The normalized spacial score (nSPS) is 22.3. The molecule has 2 atom stereocenters. The molecule has 0 N–H and O–H groups in total. The van der Waals surface area contributed by atoms with Gasteiger partial charge in [0.05, 0.1) is 18.7 Å². The van der Waals surface area contributed by atoms with Gasteiger partial charge in [0.2, 0.25) is 5.88 Å². The quantitative estimate of drug-likeness (QED) is 0.795. The zero-order chi connectivity index (χ0) is 13.8. The van der Waals surface area contributed by atoms with Crippen LogP contribution in [0.1, 0.15) is 31.9 Å². The van der Waals surface area contributed by atoms with Gasteiger partial charge < -0.3 is 9.47 Å². The lowest BCUT2D eigenvalue weighted by molar-refractivity contribution is -0.147. The number of carbonyl (C=O) groups is 1. The van der Waals surface area contributed by atoms with E-state index in [0.29, 0.717) is 23.5 Å². The molecule has 0 aliphatic heterocycles. The molecule has 1 aromatic rings. The van der Waals surface area contributed by atoms with Crippen molar-refractivity contribution in [2.24, 2.45) is 5.92 Å². The van der Waals surface area contributed by atoms with Crippen LogP contribution >= 0.6 is 15.9 Å². The van der Waals surface area contributed by atoms with Crippen molar-refractivity contribution in [3.05, 3.63) is 16.5 Å². The van der Waals surface area contributed by atoms with Crippen molar-refractivity contribution in [1.82, 2.24) is 9.97 Å². The number of ether oxygens (including phenoxy) is 2. The van der Waals surface area contributed by atoms with Crippen molar-refractivity contribution < 1.29 is 14.3 Å². The van der Waals surface area contributed by atoms with Crippen molar-refractivity contribution in [2.45, 2.75) is 39.2 Å². The molecule has 2 unspecified atom stereocenters. The molecule has 1 aliphatic carbocycles. The van der Waals surface area contributed by atoms with Crippen LogP contribution in [0.15, 0.2) is 10.8 Å². The topological polar surface area (TPSA) is 61.3 Å². The molecule has 0 radical (unpaired) electrons. The summed E-state index contributed by atoms with van der Waals surface area (Å²) in [4.78, 5) is 20.1. The minimum Gasteiger partial charge on any atom is -0.473 e. The van der Waals surface area contributed by atoms with Crippen LogP contribution in [0.3, 0.4) is 0 Å². The summed E-state index contributed by atoms with van der Waals surface area (Å²) in [6.07, 6.45) is 3.98. The first-order chi connectivity index (χ1) is 9.10. The molecule has 1 heterocycles. The second kappa shape index (κ2) is 6.32. The van der Waals surface area contributed by atoms with Crippen molar-refractivity contribution in [1.29, 1.82) is 0 Å². The van der Waals surface area contributed by atoms with E-state index in [2.05, 4.69) is 25.9 Å². The third kappa shape index (κ3) is 3.65. The molecule has 6 heteroatoms. The molecule has 104 valence electrons. The third-order valence-electron chi connectivity index (χ3n) is 3.16. The number of esters is 1. The number of hydrogen-bond acceptors (Lipinski definition) is 5. The molecule has 1 saturated carbocycles. The van der Waals surface area contributed by atoms with Gasteiger partial charge in [-0.15, -0.1) is 0 Å². The van der Waals surface area contributed by atoms with E-state index in [1.807, 2.05) is 13.8 Å². The standard InChI is InChI=1S/C13H17BrN2O3/c1-3-18-13(17)9-4-5-10(6-9)19-12-8(2)16-11(14)7-15-12/h7,9-10H,3-6H2,1-2H3. The summed E-state index contributed by atoms with van der Waals surface area (Å²) in [6, 6.07) is 0. The van der Waals surface area contributed by atoms with E-state index in [9.17, 15) is 4.79 Å². The fourth-order valence-corrected chi connectivity index (χ4v) is 2.61. The summed E-state index contributed by atoms with van der Waals surface area (Å²) in [7, 11) is 0. The highest BCUT2D eigenvalue weighted by molar-refractivity contribution is 9.10. The van der Waals surface area contributed by atoms with Gasteiger partial charge in [-0.2, -0.15) is 0 Å². The van der Waals surface area contributed by atoms with E-state index < -0.39 is 0 Å². The number of carbonyl (C=O) groups excluding carboxylic acids is 1. The average Bonchev–Trinajstić information content (AvgIpc) is 2.82. The van der Waals surface area contributed by atoms with Gasteiger partial charge in [0.1, 0.15) is 16.4 Å². The molecule has 0 aromatic carbocycles. The molecule has 0 bridgehead atoms. The van der Waals surface area contributed by atoms with Gasteiger partial charge in [-0.3, -0.25) is 4.79 Å². The fourth-order valence-electron chi connectivity index (χ4n) is 2.24. The molecule has 2 rings (SSSR count). The Balaban J connectivity index is 1.93. The van der Waals surface area contributed by atoms with Crippen molar-refractivity contribution in [3.63, 3.8) is 0 Å². The number of rotatable bonds is 4. The van der Waals surface area contributed by atoms with Crippen molar-refractivity contribution >= 4 is 21.9 Å². The van der Waals surface area contributed by atoms with E-state index >= 15 is 0 Å². The molecule has 0 amide bonds. The van der Waals surface area contributed by atoms with Gasteiger partial charge in [-0.1, -0.05) is 0 Å². The Labute approximate surface area is 120 Å². The van der Waals surface area contributed by atoms with Crippen LogP contribution in [0.5, 0.6) is 5.88 Å².